The minimum Gasteiger partial charge on any atom is -0.456 e. The van der Waals surface area contributed by atoms with Gasteiger partial charge in [-0.25, -0.2) is 4.98 Å². The molecule has 0 N–H and O–H groups in total. The molecular weight excluding hydrogens is 576 g/mol. The third-order valence-corrected chi connectivity index (χ3v) is 10.1. The summed E-state index contributed by atoms with van der Waals surface area (Å²) in [6, 6.07) is 44.2. The smallest absolute Gasteiger partial charge is 0.147 e. The Morgan fingerprint density at radius 1 is 0.574 bits per heavy atom. The number of aromatic nitrogens is 1. The van der Waals surface area contributed by atoms with E-state index in [2.05, 4.69) is 86.6 Å². The van der Waals surface area contributed by atoms with Crippen molar-refractivity contribution < 1.29 is 8.83 Å². The van der Waals surface area contributed by atoms with E-state index in [4.69, 9.17) is 13.8 Å². The summed E-state index contributed by atoms with van der Waals surface area (Å²) >= 11 is 0. The van der Waals surface area contributed by atoms with Gasteiger partial charge in [-0.3, -0.25) is 0 Å². The highest BCUT2D eigenvalue weighted by Gasteiger charge is 2.35. The van der Waals surface area contributed by atoms with Crippen LogP contribution in [0.4, 0.5) is 0 Å². The lowest BCUT2D eigenvalue weighted by Gasteiger charge is -2.22. The average Bonchev–Trinajstić information content (AvgIpc) is 3.76. The highest BCUT2D eigenvalue weighted by Crippen LogP contribution is 2.50. The molecule has 0 spiro atoms. The van der Waals surface area contributed by atoms with Crippen molar-refractivity contribution in [1.82, 2.24) is 4.98 Å². The van der Waals surface area contributed by atoms with Crippen LogP contribution in [0.15, 0.2) is 130 Å². The van der Waals surface area contributed by atoms with E-state index in [0.717, 1.165) is 77.2 Å². The Morgan fingerprint density at radius 2 is 1.21 bits per heavy atom. The number of fused-ring (bicyclic) bond motifs is 12. The summed E-state index contributed by atoms with van der Waals surface area (Å²) in [5, 5.41) is 14.6. The molecule has 0 saturated heterocycles. The fourth-order valence-electron chi connectivity index (χ4n) is 7.78. The van der Waals surface area contributed by atoms with Crippen LogP contribution >= 0.6 is 0 Å². The molecule has 0 amide bonds. The van der Waals surface area contributed by atoms with Gasteiger partial charge >= 0.3 is 0 Å². The molecule has 6 aromatic carbocycles. The maximum absolute atomic E-state index is 9.51. The second-order valence-electron chi connectivity index (χ2n) is 13.0. The molecule has 0 radical (unpaired) electrons. The van der Waals surface area contributed by atoms with Crippen molar-refractivity contribution in [2.45, 2.75) is 19.3 Å². The number of para-hydroxylation sites is 2. The molecule has 4 heteroatoms. The van der Waals surface area contributed by atoms with E-state index in [1.165, 1.54) is 22.3 Å². The van der Waals surface area contributed by atoms with Crippen LogP contribution in [0, 0.1) is 11.3 Å². The van der Waals surface area contributed by atoms with E-state index >= 15 is 0 Å². The fraction of sp³-hybridized carbons (Fsp3) is 0.0698. The number of nitriles is 1. The first-order valence-electron chi connectivity index (χ1n) is 15.9. The van der Waals surface area contributed by atoms with Gasteiger partial charge in [-0.1, -0.05) is 92.7 Å². The number of hydrogen-bond donors (Lipinski definition) is 0. The Bertz CT molecular complexity index is 2830. The van der Waals surface area contributed by atoms with Crippen LogP contribution < -0.4 is 0 Å². The van der Waals surface area contributed by atoms with Crippen molar-refractivity contribution in [1.29, 1.82) is 5.26 Å². The third kappa shape index (κ3) is 3.54. The minimum atomic E-state index is -0.192. The molecule has 0 bridgehead atoms. The zero-order chi connectivity index (χ0) is 31.4. The molecule has 0 atom stereocenters. The van der Waals surface area contributed by atoms with Gasteiger partial charge in [0.05, 0.1) is 33.6 Å². The molecule has 9 aromatic rings. The predicted molar refractivity (Wildman–Crippen MR) is 189 cm³/mol. The van der Waals surface area contributed by atoms with E-state index in [1.54, 1.807) is 0 Å². The number of rotatable bonds is 2. The van der Waals surface area contributed by atoms with Gasteiger partial charge in [0.1, 0.15) is 22.3 Å². The van der Waals surface area contributed by atoms with Gasteiger partial charge < -0.3 is 8.83 Å². The summed E-state index contributed by atoms with van der Waals surface area (Å²) in [5.74, 6) is 0. The van der Waals surface area contributed by atoms with E-state index in [1.807, 2.05) is 54.6 Å². The lowest BCUT2D eigenvalue weighted by atomic mass is 9.81. The number of pyridine rings is 1. The Kier molecular flexibility index (Phi) is 5.10. The van der Waals surface area contributed by atoms with Crippen molar-refractivity contribution in [3.05, 3.63) is 138 Å². The van der Waals surface area contributed by atoms with E-state index in [0.29, 0.717) is 5.56 Å². The molecule has 47 heavy (non-hydrogen) atoms. The first-order valence-corrected chi connectivity index (χ1v) is 15.9. The Labute approximate surface area is 270 Å². The molecular formula is C43H26N2O2. The van der Waals surface area contributed by atoms with E-state index in [-0.39, 0.29) is 5.41 Å². The third-order valence-electron chi connectivity index (χ3n) is 10.1. The summed E-state index contributed by atoms with van der Waals surface area (Å²) in [6.07, 6.45) is 0. The van der Waals surface area contributed by atoms with Gasteiger partial charge in [-0.05, 0) is 75.8 Å². The summed E-state index contributed by atoms with van der Waals surface area (Å²) in [4.78, 5) is 5.31. The molecule has 10 rings (SSSR count). The maximum atomic E-state index is 9.51. The first kappa shape index (κ1) is 26.1. The highest BCUT2D eigenvalue weighted by molar-refractivity contribution is 6.29. The monoisotopic (exact) mass is 602 g/mol. The first-order chi connectivity index (χ1) is 23.0. The van der Waals surface area contributed by atoms with Gasteiger partial charge in [0.15, 0.2) is 0 Å². The lowest BCUT2D eigenvalue weighted by Crippen LogP contribution is -2.15. The van der Waals surface area contributed by atoms with E-state index in [9.17, 15) is 5.26 Å². The quantitative estimate of drug-likeness (QED) is 0.197. The standard InChI is InChI=1S/C43H26N2O2/c1-43(2)32-21-24(23-44)11-17-28(32)29-18-16-27(22-33(29)43)25-12-14-26(15-13-25)41-39-31-8-4-6-10-36(31)47-42(39)40-34(45-41)19-20-37-38(40)30-7-3-5-9-35(30)46-37/h3-22H,1-2H3. The van der Waals surface area contributed by atoms with Gasteiger partial charge in [0.25, 0.3) is 0 Å². The molecule has 3 aromatic heterocycles. The molecule has 220 valence electrons. The van der Waals surface area contributed by atoms with Gasteiger partial charge in [0.2, 0.25) is 0 Å². The van der Waals surface area contributed by atoms with Crippen LogP contribution in [0.2, 0.25) is 0 Å². The van der Waals surface area contributed by atoms with Crippen LogP contribution in [-0.2, 0) is 5.41 Å². The Hall–Kier alpha value is -6.18. The van der Waals surface area contributed by atoms with Crippen molar-refractivity contribution >= 4 is 54.8 Å². The topological polar surface area (TPSA) is 63.0 Å². The van der Waals surface area contributed by atoms with Crippen LogP contribution in [0.5, 0.6) is 0 Å². The second kappa shape index (κ2) is 9.19. The van der Waals surface area contributed by atoms with Gasteiger partial charge in [-0.2, -0.15) is 5.26 Å². The predicted octanol–water partition coefficient (Wildman–Crippen LogP) is 11.5. The van der Waals surface area contributed by atoms with Crippen LogP contribution in [0.3, 0.4) is 0 Å². The maximum Gasteiger partial charge on any atom is 0.147 e. The second-order valence-corrected chi connectivity index (χ2v) is 13.0. The molecule has 3 heterocycles. The normalized spacial score (nSPS) is 13.5. The zero-order valence-corrected chi connectivity index (χ0v) is 25.8. The molecule has 1 aliphatic carbocycles. The molecule has 0 unspecified atom stereocenters. The summed E-state index contributed by atoms with van der Waals surface area (Å²) in [7, 11) is 0. The zero-order valence-electron chi connectivity index (χ0n) is 25.8. The number of hydrogen-bond acceptors (Lipinski definition) is 4. The van der Waals surface area contributed by atoms with Crippen molar-refractivity contribution in [3.63, 3.8) is 0 Å². The van der Waals surface area contributed by atoms with Crippen molar-refractivity contribution in [3.8, 4) is 39.6 Å². The van der Waals surface area contributed by atoms with Crippen molar-refractivity contribution in [2.24, 2.45) is 0 Å². The summed E-state index contributed by atoms with van der Waals surface area (Å²) in [6.45, 7) is 4.50. The van der Waals surface area contributed by atoms with Gasteiger partial charge in [-0.15, -0.1) is 0 Å². The number of furan rings is 2. The fourth-order valence-corrected chi connectivity index (χ4v) is 7.78. The lowest BCUT2D eigenvalue weighted by molar-refractivity contribution is 0.660. The summed E-state index contributed by atoms with van der Waals surface area (Å²) in [5.41, 5.74) is 13.9. The highest BCUT2D eigenvalue weighted by atomic mass is 16.3. The van der Waals surface area contributed by atoms with Crippen LogP contribution in [0.1, 0.15) is 30.5 Å². The summed E-state index contributed by atoms with van der Waals surface area (Å²) < 4.78 is 12.9. The number of nitrogens with zero attached hydrogens (tertiary/aromatic N) is 2. The largest absolute Gasteiger partial charge is 0.456 e. The Morgan fingerprint density at radius 3 is 1.98 bits per heavy atom. The van der Waals surface area contributed by atoms with Crippen LogP contribution in [0.25, 0.3) is 88.3 Å². The van der Waals surface area contributed by atoms with Gasteiger partial charge in [0, 0.05) is 27.1 Å². The van der Waals surface area contributed by atoms with Crippen molar-refractivity contribution in [2.75, 3.05) is 0 Å². The molecule has 0 saturated carbocycles. The van der Waals surface area contributed by atoms with Crippen LogP contribution in [-0.4, -0.2) is 4.98 Å². The molecule has 4 nitrogen and oxygen atoms in total. The SMILES string of the molecule is CC1(C)c2cc(C#N)ccc2-c2ccc(-c3ccc(-c4nc5ccc6oc7ccccc7c6c5c5oc6ccccc6c45)cc3)cc21. The van der Waals surface area contributed by atoms with E-state index < -0.39 is 0 Å². The molecule has 0 aliphatic heterocycles. The molecule has 1 aliphatic rings. The average molecular weight is 603 g/mol. The minimum absolute atomic E-state index is 0.192. The number of benzene rings is 6. The molecule has 0 fully saturated rings. The Balaban J connectivity index is 1.14.